The van der Waals surface area contributed by atoms with Gasteiger partial charge in [0, 0.05) is 5.69 Å². The average Bonchev–Trinajstić information content (AvgIpc) is 2.97. The van der Waals surface area contributed by atoms with Crippen LogP contribution in [0.3, 0.4) is 0 Å². The minimum atomic E-state index is -0.316. The summed E-state index contributed by atoms with van der Waals surface area (Å²) in [5, 5.41) is 2.75. The molecule has 2 aliphatic rings. The highest BCUT2D eigenvalue weighted by atomic mass is 16.6. The third-order valence-electron chi connectivity index (χ3n) is 3.56. The second-order valence-corrected chi connectivity index (χ2v) is 4.67. The van der Waals surface area contributed by atoms with Crippen LogP contribution in [-0.4, -0.2) is 12.2 Å². The van der Waals surface area contributed by atoms with Crippen molar-refractivity contribution in [3.05, 3.63) is 30.3 Å². The number of carbonyl (C=O) groups is 1. The third kappa shape index (κ3) is 1.90. The molecule has 0 aromatic heterocycles. The summed E-state index contributed by atoms with van der Waals surface area (Å²) < 4.78 is 5.42. The average molecular weight is 217 g/mol. The Morgan fingerprint density at radius 1 is 1.25 bits per heavy atom. The second-order valence-electron chi connectivity index (χ2n) is 4.67. The molecule has 1 N–H and O–H groups in total. The van der Waals surface area contributed by atoms with Gasteiger partial charge >= 0.3 is 6.09 Å². The lowest BCUT2D eigenvalue weighted by Gasteiger charge is -2.14. The van der Waals surface area contributed by atoms with Gasteiger partial charge in [0.25, 0.3) is 0 Å². The fraction of sp³-hybridized carbons (Fsp3) is 0.462. The van der Waals surface area contributed by atoms with Crippen molar-refractivity contribution in [2.75, 3.05) is 5.32 Å². The van der Waals surface area contributed by atoms with E-state index in [0.29, 0.717) is 5.92 Å². The van der Waals surface area contributed by atoms with Gasteiger partial charge in [-0.2, -0.15) is 0 Å². The van der Waals surface area contributed by atoms with Crippen molar-refractivity contribution in [3.8, 4) is 0 Å². The monoisotopic (exact) mass is 217 g/mol. The smallest absolute Gasteiger partial charge is 0.411 e. The first-order chi connectivity index (χ1) is 7.83. The number of anilines is 1. The van der Waals surface area contributed by atoms with Gasteiger partial charge in [0.05, 0.1) is 0 Å². The van der Waals surface area contributed by atoms with E-state index in [2.05, 4.69) is 5.32 Å². The molecule has 3 atom stereocenters. The Morgan fingerprint density at radius 3 is 2.69 bits per heavy atom. The lowest BCUT2D eigenvalue weighted by atomic mass is 10.2. The molecule has 2 fully saturated rings. The molecule has 3 heteroatoms. The minimum absolute atomic E-state index is 0.161. The summed E-state index contributed by atoms with van der Waals surface area (Å²) >= 11 is 0. The Balaban J connectivity index is 1.54. The molecule has 3 rings (SSSR count). The molecule has 0 spiro atoms. The van der Waals surface area contributed by atoms with Gasteiger partial charge < -0.3 is 4.74 Å². The van der Waals surface area contributed by atoms with Crippen molar-refractivity contribution in [2.24, 2.45) is 11.8 Å². The number of benzene rings is 1. The molecule has 3 nitrogen and oxygen atoms in total. The molecule has 0 aliphatic heterocycles. The molecule has 0 heterocycles. The number of fused-ring (bicyclic) bond motifs is 1. The molecular formula is C13H15NO2. The molecule has 1 aromatic carbocycles. The van der Waals surface area contributed by atoms with E-state index in [1.807, 2.05) is 30.3 Å². The predicted octanol–water partition coefficient (Wildman–Crippen LogP) is 3.03. The van der Waals surface area contributed by atoms with Crippen molar-refractivity contribution in [1.82, 2.24) is 0 Å². The number of rotatable bonds is 2. The van der Waals surface area contributed by atoms with Crippen molar-refractivity contribution in [2.45, 2.75) is 25.4 Å². The quantitative estimate of drug-likeness (QED) is 0.826. The first-order valence-corrected chi connectivity index (χ1v) is 5.85. The fourth-order valence-electron chi connectivity index (χ4n) is 2.60. The number of hydrogen-bond donors (Lipinski definition) is 1. The number of hydrogen-bond acceptors (Lipinski definition) is 2. The van der Waals surface area contributed by atoms with E-state index in [1.54, 1.807) is 0 Å². The normalized spacial score (nSPS) is 30.6. The van der Waals surface area contributed by atoms with Crippen LogP contribution in [0.15, 0.2) is 30.3 Å². The number of nitrogens with one attached hydrogen (secondary N) is 1. The van der Waals surface area contributed by atoms with E-state index >= 15 is 0 Å². The van der Waals surface area contributed by atoms with Crippen molar-refractivity contribution < 1.29 is 9.53 Å². The molecule has 0 saturated heterocycles. The Hall–Kier alpha value is -1.51. The van der Waals surface area contributed by atoms with E-state index in [-0.39, 0.29) is 12.2 Å². The van der Waals surface area contributed by atoms with Crippen LogP contribution in [0.1, 0.15) is 19.3 Å². The minimum Gasteiger partial charge on any atom is -0.446 e. The lowest BCUT2D eigenvalue weighted by Crippen LogP contribution is -2.22. The standard InChI is InChI=1S/C13H15NO2/c15-13(14-10-4-2-1-3-5-10)16-12-7-6-9-8-11(9)12/h1-5,9,11-12H,6-8H2,(H,14,15). The van der Waals surface area contributed by atoms with Gasteiger partial charge in [-0.15, -0.1) is 0 Å². The Kier molecular flexibility index (Phi) is 2.31. The zero-order valence-electron chi connectivity index (χ0n) is 9.06. The van der Waals surface area contributed by atoms with Gasteiger partial charge in [-0.05, 0) is 43.2 Å². The first kappa shape index (κ1) is 9.70. The number of amides is 1. The van der Waals surface area contributed by atoms with Crippen LogP contribution in [0.5, 0.6) is 0 Å². The van der Waals surface area contributed by atoms with Gasteiger partial charge in [-0.3, -0.25) is 5.32 Å². The molecular weight excluding hydrogens is 202 g/mol. The van der Waals surface area contributed by atoms with Gasteiger partial charge in [0.15, 0.2) is 0 Å². The zero-order chi connectivity index (χ0) is 11.0. The van der Waals surface area contributed by atoms with Gasteiger partial charge in [-0.25, -0.2) is 4.79 Å². The molecule has 0 bridgehead atoms. The number of ether oxygens (including phenoxy) is 1. The van der Waals surface area contributed by atoms with E-state index in [1.165, 1.54) is 12.8 Å². The van der Waals surface area contributed by atoms with Crippen LogP contribution in [0.4, 0.5) is 10.5 Å². The van der Waals surface area contributed by atoms with Gasteiger partial charge in [0.2, 0.25) is 0 Å². The largest absolute Gasteiger partial charge is 0.446 e. The molecule has 0 radical (unpaired) electrons. The van der Waals surface area contributed by atoms with Crippen LogP contribution in [-0.2, 0) is 4.74 Å². The Bertz CT molecular complexity index is 390. The Morgan fingerprint density at radius 2 is 2.06 bits per heavy atom. The van der Waals surface area contributed by atoms with E-state index < -0.39 is 0 Å². The summed E-state index contributed by atoms with van der Waals surface area (Å²) in [5.41, 5.74) is 0.790. The highest BCUT2D eigenvalue weighted by molar-refractivity contribution is 5.84. The summed E-state index contributed by atoms with van der Waals surface area (Å²) in [4.78, 5) is 11.6. The number of carbonyl (C=O) groups excluding carboxylic acids is 1. The van der Waals surface area contributed by atoms with Crippen LogP contribution < -0.4 is 5.32 Å². The zero-order valence-corrected chi connectivity index (χ0v) is 9.06. The molecule has 2 saturated carbocycles. The summed E-state index contributed by atoms with van der Waals surface area (Å²) in [6, 6.07) is 9.41. The maximum atomic E-state index is 11.6. The van der Waals surface area contributed by atoms with E-state index in [4.69, 9.17) is 4.74 Å². The first-order valence-electron chi connectivity index (χ1n) is 5.85. The highest BCUT2D eigenvalue weighted by Gasteiger charge is 2.49. The molecule has 3 unspecified atom stereocenters. The van der Waals surface area contributed by atoms with Crippen molar-refractivity contribution in [1.29, 1.82) is 0 Å². The van der Waals surface area contributed by atoms with Crippen LogP contribution in [0.25, 0.3) is 0 Å². The van der Waals surface area contributed by atoms with Crippen molar-refractivity contribution >= 4 is 11.8 Å². The van der Waals surface area contributed by atoms with Crippen molar-refractivity contribution in [3.63, 3.8) is 0 Å². The van der Waals surface area contributed by atoms with Gasteiger partial charge in [-0.1, -0.05) is 18.2 Å². The fourth-order valence-corrected chi connectivity index (χ4v) is 2.60. The SMILES string of the molecule is O=C(Nc1ccccc1)OC1CCC2CC21. The van der Waals surface area contributed by atoms with Crippen LogP contribution >= 0.6 is 0 Å². The van der Waals surface area contributed by atoms with Crippen LogP contribution in [0.2, 0.25) is 0 Å². The van der Waals surface area contributed by atoms with E-state index in [9.17, 15) is 4.79 Å². The highest BCUT2D eigenvalue weighted by Crippen LogP contribution is 2.52. The summed E-state index contributed by atoms with van der Waals surface area (Å²) in [5.74, 6) is 1.50. The number of para-hydroxylation sites is 1. The lowest BCUT2D eigenvalue weighted by molar-refractivity contribution is 0.102. The van der Waals surface area contributed by atoms with Crippen LogP contribution in [0, 0.1) is 11.8 Å². The molecule has 84 valence electrons. The topological polar surface area (TPSA) is 38.3 Å². The predicted molar refractivity (Wildman–Crippen MR) is 61.2 cm³/mol. The summed E-state index contributed by atoms with van der Waals surface area (Å²) in [6.07, 6.45) is 3.37. The molecule has 2 aliphatic carbocycles. The van der Waals surface area contributed by atoms with E-state index in [0.717, 1.165) is 18.0 Å². The summed E-state index contributed by atoms with van der Waals surface area (Å²) in [7, 11) is 0. The molecule has 1 aromatic rings. The molecule has 1 amide bonds. The summed E-state index contributed by atoms with van der Waals surface area (Å²) in [6.45, 7) is 0. The second kappa shape index (κ2) is 3.81. The third-order valence-corrected chi connectivity index (χ3v) is 3.56. The Labute approximate surface area is 94.8 Å². The maximum absolute atomic E-state index is 11.6. The molecule has 16 heavy (non-hydrogen) atoms. The van der Waals surface area contributed by atoms with Gasteiger partial charge in [0.1, 0.15) is 6.10 Å². The maximum Gasteiger partial charge on any atom is 0.411 e.